The molecule has 5 heteroatoms. The Balaban J connectivity index is 2.98. The monoisotopic (exact) mass is 266 g/mol. The van der Waals surface area contributed by atoms with Crippen molar-refractivity contribution in [2.45, 2.75) is 19.8 Å². The second-order valence-corrected chi connectivity index (χ2v) is 4.30. The lowest BCUT2D eigenvalue weighted by Crippen LogP contribution is -2.34. The molecule has 5 nitrogen and oxygen atoms in total. The largest absolute Gasteiger partial charge is 0.494 e. The third-order valence-corrected chi connectivity index (χ3v) is 2.92. The van der Waals surface area contributed by atoms with Gasteiger partial charge in [-0.15, -0.1) is 0 Å². The number of benzene rings is 1. The number of hydrogen-bond acceptors (Lipinski definition) is 4. The quantitative estimate of drug-likeness (QED) is 0.734. The van der Waals surface area contributed by atoms with Crippen LogP contribution in [-0.2, 0) is 0 Å². The van der Waals surface area contributed by atoms with Crippen LogP contribution in [0.2, 0.25) is 0 Å². The molecule has 0 radical (unpaired) electrons. The number of unbranched alkanes of at least 4 members (excludes halogenated alkanes) is 1. The molecule has 1 rings (SSSR count). The first-order valence-electron chi connectivity index (χ1n) is 6.48. The number of anilines is 1. The van der Waals surface area contributed by atoms with E-state index >= 15 is 0 Å². The summed E-state index contributed by atoms with van der Waals surface area (Å²) in [7, 11) is 1.49. The third-order valence-electron chi connectivity index (χ3n) is 2.92. The van der Waals surface area contributed by atoms with E-state index in [2.05, 4.69) is 6.92 Å². The van der Waals surface area contributed by atoms with E-state index in [0.29, 0.717) is 30.1 Å². The predicted molar refractivity (Wildman–Crippen MR) is 75.3 cm³/mol. The first-order chi connectivity index (χ1) is 9.15. The molecule has 19 heavy (non-hydrogen) atoms. The van der Waals surface area contributed by atoms with Gasteiger partial charge in [0.15, 0.2) is 5.75 Å². The number of nitrogens with zero attached hydrogens (tertiary/aromatic N) is 1. The van der Waals surface area contributed by atoms with Gasteiger partial charge in [0.2, 0.25) is 0 Å². The molecule has 0 bridgehead atoms. The maximum Gasteiger partial charge on any atom is 0.257 e. The molecule has 0 aliphatic rings. The molecule has 1 aromatic rings. The number of nitrogen functional groups attached to an aromatic ring is 1. The summed E-state index contributed by atoms with van der Waals surface area (Å²) < 4.78 is 5.20. The number of nitrogens with two attached hydrogens (primary N) is 1. The summed E-state index contributed by atoms with van der Waals surface area (Å²) in [5.41, 5.74) is 6.67. The van der Waals surface area contributed by atoms with E-state index in [9.17, 15) is 4.79 Å². The maximum atomic E-state index is 12.5. The topological polar surface area (TPSA) is 75.8 Å². The third kappa shape index (κ3) is 3.86. The molecule has 3 N–H and O–H groups in total. The van der Waals surface area contributed by atoms with Gasteiger partial charge in [-0.25, -0.2) is 0 Å². The fraction of sp³-hybridized carbons (Fsp3) is 0.500. The standard InChI is InChI=1S/C14H22N2O3/c1-3-4-8-16(9-10-17)14(18)11-6-5-7-12(15)13(11)19-2/h5-7,17H,3-4,8-10,15H2,1-2H3. The van der Waals surface area contributed by atoms with E-state index in [1.54, 1.807) is 23.1 Å². The van der Waals surface area contributed by atoms with E-state index < -0.39 is 0 Å². The molecule has 1 amide bonds. The number of carbonyl (C=O) groups excluding carboxylic acids is 1. The van der Waals surface area contributed by atoms with Crippen LogP contribution in [0.15, 0.2) is 18.2 Å². The maximum absolute atomic E-state index is 12.5. The van der Waals surface area contributed by atoms with Crippen LogP contribution in [0.25, 0.3) is 0 Å². The average molecular weight is 266 g/mol. The Morgan fingerprint density at radius 2 is 2.16 bits per heavy atom. The molecule has 0 heterocycles. The number of rotatable bonds is 7. The second kappa shape index (κ2) is 7.63. The lowest BCUT2D eigenvalue weighted by Gasteiger charge is -2.23. The van der Waals surface area contributed by atoms with Crippen LogP contribution in [0.4, 0.5) is 5.69 Å². The fourth-order valence-electron chi connectivity index (χ4n) is 1.91. The zero-order valence-corrected chi connectivity index (χ0v) is 11.6. The Hall–Kier alpha value is -1.75. The van der Waals surface area contributed by atoms with Crippen molar-refractivity contribution in [3.8, 4) is 5.75 Å². The first kappa shape index (κ1) is 15.3. The minimum absolute atomic E-state index is 0.0555. The molecule has 0 aromatic heterocycles. The minimum atomic E-state index is -0.161. The van der Waals surface area contributed by atoms with Crippen LogP contribution in [0.5, 0.6) is 5.75 Å². The van der Waals surface area contributed by atoms with Gasteiger partial charge in [0.25, 0.3) is 5.91 Å². The molecule has 0 aliphatic heterocycles. The predicted octanol–water partition coefficient (Wildman–Crippen LogP) is 1.51. The van der Waals surface area contributed by atoms with Crippen molar-refractivity contribution >= 4 is 11.6 Å². The SMILES string of the molecule is CCCCN(CCO)C(=O)c1cccc(N)c1OC. The number of hydrogen-bond donors (Lipinski definition) is 2. The van der Waals surface area contributed by atoms with Gasteiger partial charge in [-0.1, -0.05) is 19.4 Å². The first-order valence-corrected chi connectivity index (χ1v) is 6.48. The average Bonchev–Trinajstić information content (AvgIpc) is 2.42. The van der Waals surface area contributed by atoms with Crippen molar-refractivity contribution in [3.05, 3.63) is 23.8 Å². The van der Waals surface area contributed by atoms with E-state index in [1.165, 1.54) is 7.11 Å². The van der Waals surface area contributed by atoms with Crippen LogP contribution in [0.3, 0.4) is 0 Å². The second-order valence-electron chi connectivity index (χ2n) is 4.30. The Morgan fingerprint density at radius 1 is 1.42 bits per heavy atom. The van der Waals surface area contributed by atoms with Gasteiger partial charge in [-0.3, -0.25) is 4.79 Å². The Bertz CT molecular complexity index is 421. The van der Waals surface area contributed by atoms with Gasteiger partial charge in [0.1, 0.15) is 0 Å². The van der Waals surface area contributed by atoms with Crippen molar-refractivity contribution in [3.63, 3.8) is 0 Å². The van der Waals surface area contributed by atoms with Gasteiger partial charge in [-0.2, -0.15) is 0 Å². The van der Waals surface area contributed by atoms with Gasteiger partial charge in [-0.05, 0) is 18.6 Å². The Labute approximate surface area is 114 Å². The summed E-state index contributed by atoms with van der Waals surface area (Å²) >= 11 is 0. The lowest BCUT2D eigenvalue weighted by atomic mass is 10.1. The van der Waals surface area contributed by atoms with E-state index in [4.69, 9.17) is 15.6 Å². The number of para-hydroxylation sites is 1. The molecule has 1 aromatic carbocycles. The van der Waals surface area contributed by atoms with Crippen molar-refractivity contribution in [1.29, 1.82) is 0 Å². The zero-order chi connectivity index (χ0) is 14.3. The number of aliphatic hydroxyl groups excluding tert-OH is 1. The molecule has 0 saturated carbocycles. The molecule has 0 fully saturated rings. The van der Waals surface area contributed by atoms with Crippen molar-refractivity contribution in [1.82, 2.24) is 4.90 Å². The van der Waals surface area contributed by atoms with Crippen molar-refractivity contribution < 1.29 is 14.6 Å². The summed E-state index contributed by atoms with van der Waals surface area (Å²) in [6.45, 7) is 2.94. The van der Waals surface area contributed by atoms with Gasteiger partial charge < -0.3 is 20.5 Å². The van der Waals surface area contributed by atoms with E-state index in [-0.39, 0.29) is 12.5 Å². The summed E-state index contributed by atoms with van der Waals surface area (Å²) in [6.07, 6.45) is 1.89. The van der Waals surface area contributed by atoms with Crippen LogP contribution in [-0.4, -0.2) is 42.7 Å². The van der Waals surface area contributed by atoms with Crippen LogP contribution >= 0.6 is 0 Å². The van der Waals surface area contributed by atoms with Crippen LogP contribution in [0, 0.1) is 0 Å². The molecular weight excluding hydrogens is 244 g/mol. The zero-order valence-electron chi connectivity index (χ0n) is 11.6. The van der Waals surface area contributed by atoms with Crippen molar-refractivity contribution in [2.24, 2.45) is 0 Å². The fourth-order valence-corrected chi connectivity index (χ4v) is 1.91. The summed E-state index contributed by atoms with van der Waals surface area (Å²) in [6, 6.07) is 5.11. The van der Waals surface area contributed by atoms with Gasteiger partial charge >= 0.3 is 0 Å². The summed E-state index contributed by atoms with van der Waals surface area (Å²) in [5.74, 6) is 0.235. The van der Waals surface area contributed by atoms with Crippen LogP contribution < -0.4 is 10.5 Å². The number of ether oxygens (including phenoxy) is 1. The van der Waals surface area contributed by atoms with Crippen molar-refractivity contribution in [2.75, 3.05) is 32.5 Å². The highest BCUT2D eigenvalue weighted by Gasteiger charge is 2.20. The normalized spacial score (nSPS) is 10.3. The summed E-state index contributed by atoms with van der Waals surface area (Å²) in [5, 5.41) is 9.06. The number of carbonyl (C=O) groups is 1. The molecule has 0 aliphatic carbocycles. The molecule has 0 spiro atoms. The van der Waals surface area contributed by atoms with E-state index in [0.717, 1.165) is 12.8 Å². The number of aliphatic hydroxyl groups is 1. The van der Waals surface area contributed by atoms with Gasteiger partial charge in [0.05, 0.1) is 25.0 Å². The minimum Gasteiger partial charge on any atom is -0.494 e. The Morgan fingerprint density at radius 3 is 2.74 bits per heavy atom. The van der Waals surface area contributed by atoms with E-state index in [1.807, 2.05) is 0 Å². The highest BCUT2D eigenvalue weighted by atomic mass is 16.5. The number of methoxy groups -OCH3 is 1. The highest BCUT2D eigenvalue weighted by Crippen LogP contribution is 2.27. The lowest BCUT2D eigenvalue weighted by molar-refractivity contribution is 0.0716. The molecule has 0 atom stereocenters. The summed E-state index contributed by atoms with van der Waals surface area (Å²) in [4.78, 5) is 14.1. The molecule has 106 valence electrons. The Kier molecular flexibility index (Phi) is 6.15. The van der Waals surface area contributed by atoms with Crippen LogP contribution in [0.1, 0.15) is 30.1 Å². The molecule has 0 unspecified atom stereocenters. The number of amides is 1. The smallest absolute Gasteiger partial charge is 0.257 e. The molecule has 0 saturated heterocycles. The highest BCUT2D eigenvalue weighted by molar-refractivity contribution is 5.98. The van der Waals surface area contributed by atoms with Gasteiger partial charge in [0, 0.05) is 13.1 Å². The molecular formula is C14H22N2O3.